The normalized spacial score (nSPS) is 11.9. The van der Waals surface area contributed by atoms with E-state index in [2.05, 4.69) is 53.3 Å². The zero-order valence-electron chi connectivity index (χ0n) is 11.8. The molecule has 2 aromatic rings. The van der Waals surface area contributed by atoms with Crippen molar-refractivity contribution in [3.05, 3.63) is 46.7 Å². The number of hydrogen-bond donors (Lipinski definition) is 1. The molecule has 0 aliphatic heterocycles. The van der Waals surface area contributed by atoms with E-state index in [1.807, 2.05) is 0 Å². The summed E-state index contributed by atoms with van der Waals surface area (Å²) in [5.41, 5.74) is 3.68. The third-order valence-electron chi connectivity index (χ3n) is 3.16. The molecule has 1 aromatic heterocycles. The van der Waals surface area contributed by atoms with Gasteiger partial charge in [0.1, 0.15) is 0 Å². The minimum Gasteiger partial charge on any atom is -0.450 e. The maximum Gasteiger partial charge on any atom is 0.407 e. The molecule has 2 rings (SSSR count). The Morgan fingerprint density at radius 1 is 1.25 bits per heavy atom. The molecule has 4 heteroatoms. The van der Waals surface area contributed by atoms with Gasteiger partial charge in [-0.05, 0) is 46.4 Å². The van der Waals surface area contributed by atoms with Gasteiger partial charge in [-0.1, -0.05) is 31.2 Å². The van der Waals surface area contributed by atoms with Crippen molar-refractivity contribution in [3.8, 4) is 11.1 Å². The average molecular weight is 289 g/mol. The number of benzene rings is 1. The molecule has 0 bridgehead atoms. The van der Waals surface area contributed by atoms with Gasteiger partial charge in [0.05, 0.1) is 6.61 Å². The van der Waals surface area contributed by atoms with E-state index in [9.17, 15) is 4.79 Å². The summed E-state index contributed by atoms with van der Waals surface area (Å²) in [5, 5.41) is 6.98. The predicted molar refractivity (Wildman–Crippen MR) is 83.2 cm³/mol. The summed E-state index contributed by atoms with van der Waals surface area (Å²) in [4.78, 5) is 11.3. The van der Waals surface area contributed by atoms with Crippen LogP contribution in [0.4, 0.5) is 4.79 Å². The fraction of sp³-hybridized carbons (Fsp3) is 0.312. The largest absolute Gasteiger partial charge is 0.450 e. The molecule has 0 radical (unpaired) electrons. The predicted octanol–water partition coefficient (Wildman–Crippen LogP) is 4.26. The Kier molecular flexibility index (Phi) is 5.18. The molecular formula is C16H19NO2S. The molecule has 1 amide bonds. The molecule has 1 unspecified atom stereocenters. The van der Waals surface area contributed by atoms with Crippen LogP contribution in [-0.2, 0) is 4.74 Å². The van der Waals surface area contributed by atoms with Gasteiger partial charge < -0.3 is 10.1 Å². The first-order chi connectivity index (χ1) is 9.70. The van der Waals surface area contributed by atoms with Crippen molar-refractivity contribution in [2.45, 2.75) is 19.8 Å². The molecule has 0 saturated heterocycles. The van der Waals surface area contributed by atoms with Crippen molar-refractivity contribution in [1.82, 2.24) is 5.32 Å². The zero-order valence-corrected chi connectivity index (χ0v) is 12.6. The van der Waals surface area contributed by atoms with Crippen LogP contribution in [-0.4, -0.2) is 19.2 Å². The quantitative estimate of drug-likeness (QED) is 0.893. The molecular weight excluding hydrogens is 270 g/mol. The summed E-state index contributed by atoms with van der Waals surface area (Å²) in [6, 6.07) is 10.6. The van der Waals surface area contributed by atoms with Crippen molar-refractivity contribution in [2.75, 3.05) is 13.2 Å². The van der Waals surface area contributed by atoms with E-state index in [-0.39, 0.29) is 12.0 Å². The Bertz CT molecular complexity index is 534. The van der Waals surface area contributed by atoms with Crippen LogP contribution >= 0.6 is 11.3 Å². The number of rotatable bonds is 5. The minimum absolute atomic E-state index is 0.260. The molecule has 20 heavy (non-hydrogen) atoms. The smallest absolute Gasteiger partial charge is 0.407 e. The van der Waals surface area contributed by atoms with Crippen molar-refractivity contribution in [3.63, 3.8) is 0 Å². The van der Waals surface area contributed by atoms with Crippen molar-refractivity contribution >= 4 is 17.4 Å². The molecule has 0 aliphatic rings. The third kappa shape index (κ3) is 3.84. The Labute approximate surface area is 123 Å². The number of amides is 1. The minimum atomic E-state index is -0.353. The van der Waals surface area contributed by atoms with Crippen molar-refractivity contribution < 1.29 is 9.53 Å². The highest BCUT2D eigenvalue weighted by molar-refractivity contribution is 7.08. The van der Waals surface area contributed by atoms with Gasteiger partial charge in [0.15, 0.2) is 0 Å². The molecule has 1 atom stereocenters. The standard InChI is InChI=1S/C16H19NO2S/c1-3-19-16(18)17-10-12(2)13-4-6-14(7-5-13)15-8-9-20-11-15/h4-9,11-12H,3,10H2,1-2H3,(H,17,18). The van der Waals surface area contributed by atoms with Crippen molar-refractivity contribution in [1.29, 1.82) is 0 Å². The van der Waals surface area contributed by atoms with E-state index in [1.54, 1.807) is 18.3 Å². The van der Waals surface area contributed by atoms with Crippen LogP contribution in [0.3, 0.4) is 0 Å². The lowest BCUT2D eigenvalue weighted by Crippen LogP contribution is -2.28. The van der Waals surface area contributed by atoms with Gasteiger partial charge in [0.25, 0.3) is 0 Å². The van der Waals surface area contributed by atoms with E-state index in [1.165, 1.54) is 16.7 Å². The lowest BCUT2D eigenvalue weighted by molar-refractivity contribution is 0.151. The van der Waals surface area contributed by atoms with E-state index in [0.29, 0.717) is 13.2 Å². The Balaban J connectivity index is 1.94. The summed E-state index contributed by atoms with van der Waals surface area (Å²) < 4.78 is 4.85. The number of nitrogens with one attached hydrogen (secondary N) is 1. The average Bonchev–Trinajstić information content (AvgIpc) is 2.99. The summed E-state index contributed by atoms with van der Waals surface area (Å²) in [6.45, 7) is 4.87. The maximum atomic E-state index is 11.3. The van der Waals surface area contributed by atoms with E-state index in [0.717, 1.165) is 0 Å². The number of thiophene rings is 1. The van der Waals surface area contributed by atoms with Crippen LogP contribution in [0.25, 0.3) is 11.1 Å². The second-order valence-electron chi connectivity index (χ2n) is 4.64. The zero-order chi connectivity index (χ0) is 14.4. The number of alkyl carbamates (subject to hydrolysis) is 1. The number of ether oxygens (including phenoxy) is 1. The van der Waals surface area contributed by atoms with Crippen LogP contribution in [0.2, 0.25) is 0 Å². The highest BCUT2D eigenvalue weighted by Crippen LogP contribution is 2.24. The van der Waals surface area contributed by atoms with Gasteiger partial charge in [-0.25, -0.2) is 4.79 Å². The van der Waals surface area contributed by atoms with Crippen LogP contribution in [0.1, 0.15) is 25.3 Å². The van der Waals surface area contributed by atoms with Gasteiger partial charge in [-0.3, -0.25) is 0 Å². The van der Waals surface area contributed by atoms with Gasteiger partial charge in [0, 0.05) is 6.54 Å². The van der Waals surface area contributed by atoms with Crippen molar-refractivity contribution in [2.24, 2.45) is 0 Å². The van der Waals surface area contributed by atoms with Crippen LogP contribution < -0.4 is 5.32 Å². The van der Waals surface area contributed by atoms with E-state index in [4.69, 9.17) is 4.74 Å². The number of carbonyl (C=O) groups excluding carboxylic acids is 1. The SMILES string of the molecule is CCOC(=O)NCC(C)c1ccc(-c2ccsc2)cc1. The molecule has 0 aliphatic carbocycles. The molecule has 106 valence electrons. The van der Waals surface area contributed by atoms with Crippen LogP contribution in [0, 0.1) is 0 Å². The second kappa shape index (κ2) is 7.10. The highest BCUT2D eigenvalue weighted by Gasteiger charge is 2.08. The summed E-state index contributed by atoms with van der Waals surface area (Å²) in [6.07, 6.45) is -0.353. The van der Waals surface area contributed by atoms with Gasteiger partial charge >= 0.3 is 6.09 Å². The summed E-state index contributed by atoms with van der Waals surface area (Å²) in [7, 11) is 0. The second-order valence-corrected chi connectivity index (χ2v) is 5.42. The Morgan fingerprint density at radius 3 is 2.60 bits per heavy atom. The first kappa shape index (κ1) is 14.6. The fourth-order valence-electron chi connectivity index (χ4n) is 1.97. The molecule has 1 aromatic carbocycles. The van der Waals surface area contributed by atoms with Gasteiger partial charge in [0.2, 0.25) is 0 Å². The monoisotopic (exact) mass is 289 g/mol. The number of carbonyl (C=O) groups is 1. The number of hydrogen-bond acceptors (Lipinski definition) is 3. The van der Waals surface area contributed by atoms with Crippen LogP contribution in [0.5, 0.6) is 0 Å². The molecule has 1 N–H and O–H groups in total. The topological polar surface area (TPSA) is 38.3 Å². The molecule has 1 heterocycles. The molecule has 0 saturated carbocycles. The Morgan fingerprint density at radius 2 is 2.00 bits per heavy atom. The summed E-state index contributed by atoms with van der Waals surface area (Å²) in [5.74, 6) is 0.260. The van der Waals surface area contributed by atoms with Crippen LogP contribution in [0.15, 0.2) is 41.1 Å². The molecule has 3 nitrogen and oxygen atoms in total. The molecule has 0 fully saturated rings. The first-order valence-electron chi connectivity index (χ1n) is 6.74. The highest BCUT2D eigenvalue weighted by atomic mass is 32.1. The summed E-state index contributed by atoms with van der Waals surface area (Å²) >= 11 is 1.70. The van der Waals surface area contributed by atoms with Gasteiger partial charge in [-0.15, -0.1) is 0 Å². The molecule has 0 spiro atoms. The van der Waals surface area contributed by atoms with E-state index < -0.39 is 0 Å². The lowest BCUT2D eigenvalue weighted by Gasteiger charge is -2.13. The lowest BCUT2D eigenvalue weighted by atomic mass is 9.98. The fourth-order valence-corrected chi connectivity index (χ4v) is 2.63. The van der Waals surface area contributed by atoms with Gasteiger partial charge in [-0.2, -0.15) is 11.3 Å². The first-order valence-corrected chi connectivity index (χ1v) is 7.68. The third-order valence-corrected chi connectivity index (χ3v) is 3.85. The van der Waals surface area contributed by atoms with E-state index >= 15 is 0 Å². The Hall–Kier alpha value is -1.81. The maximum absolute atomic E-state index is 11.3.